The maximum absolute atomic E-state index is 13.0. The highest BCUT2D eigenvalue weighted by atomic mass is 32.2. The molecule has 0 radical (unpaired) electrons. The topological polar surface area (TPSA) is 97.1 Å². The number of aromatic nitrogens is 3. The molecular weight excluding hydrogens is 347 g/mol. The summed E-state index contributed by atoms with van der Waals surface area (Å²) in [6.07, 6.45) is 1.31. The number of benzene rings is 1. The number of carbonyl (C=O) groups excluding carboxylic acids is 1. The van der Waals surface area contributed by atoms with Crippen LogP contribution in [0.3, 0.4) is 0 Å². The Hall–Kier alpha value is -2.42. The van der Waals surface area contributed by atoms with Crippen LogP contribution in [0.2, 0.25) is 0 Å². The highest BCUT2D eigenvalue weighted by molar-refractivity contribution is 7.99. The first-order valence-corrected chi connectivity index (χ1v) is 8.64. The molecule has 0 aliphatic rings. The normalized spacial score (nSPS) is 12.2. The summed E-state index contributed by atoms with van der Waals surface area (Å²) in [5.41, 5.74) is 0.535. The van der Waals surface area contributed by atoms with Gasteiger partial charge in [0.1, 0.15) is 12.1 Å². The van der Waals surface area contributed by atoms with E-state index in [0.29, 0.717) is 10.7 Å². The van der Waals surface area contributed by atoms with Crippen LogP contribution in [0.15, 0.2) is 35.7 Å². The van der Waals surface area contributed by atoms with E-state index in [2.05, 4.69) is 15.5 Å². The lowest BCUT2D eigenvalue weighted by molar-refractivity contribution is -0.137. The molecule has 9 heteroatoms. The third-order valence-electron chi connectivity index (χ3n) is 3.42. The first-order chi connectivity index (χ1) is 11.9. The van der Waals surface area contributed by atoms with Gasteiger partial charge in [0.25, 0.3) is 0 Å². The molecule has 1 amide bonds. The average Bonchev–Trinajstić information content (AvgIpc) is 3.01. The monoisotopic (exact) mass is 366 g/mol. The number of hydrogen-bond acceptors (Lipinski definition) is 5. The van der Waals surface area contributed by atoms with Crippen molar-refractivity contribution in [2.45, 2.75) is 37.5 Å². The van der Waals surface area contributed by atoms with E-state index in [0.717, 1.165) is 0 Å². The summed E-state index contributed by atoms with van der Waals surface area (Å²) in [4.78, 5) is 23.2. The Labute approximate surface area is 148 Å². The van der Waals surface area contributed by atoms with Gasteiger partial charge in [0.2, 0.25) is 5.91 Å². The van der Waals surface area contributed by atoms with Crippen molar-refractivity contribution in [3.63, 3.8) is 0 Å². The minimum atomic E-state index is -1.05. The van der Waals surface area contributed by atoms with Gasteiger partial charge in [0.05, 0.1) is 18.2 Å². The molecule has 7 nitrogen and oxygen atoms in total. The van der Waals surface area contributed by atoms with Crippen molar-refractivity contribution in [2.75, 3.05) is 5.75 Å². The minimum absolute atomic E-state index is 0.0721. The Kier molecular flexibility index (Phi) is 6.51. The Balaban J connectivity index is 2.00. The van der Waals surface area contributed by atoms with Crippen molar-refractivity contribution in [2.24, 2.45) is 0 Å². The molecule has 1 unspecified atom stereocenters. The predicted molar refractivity (Wildman–Crippen MR) is 90.7 cm³/mol. The first kappa shape index (κ1) is 18.9. The second-order valence-electron chi connectivity index (χ2n) is 5.67. The Morgan fingerprint density at radius 2 is 2.00 bits per heavy atom. The summed E-state index contributed by atoms with van der Waals surface area (Å²) < 4.78 is 14.9. The fourth-order valence-electron chi connectivity index (χ4n) is 2.18. The van der Waals surface area contributed by atoms with Gasteiger partial charge in [-0.2, -0.15) is 0 Å². The minimum Gasteiger partial charge on any atom is -0.481 e. The number of nitrogens with one attached hydrogen (secondary N) is 1. The SMILES string of the molecule is CC(C)n1cnnc1SCC(=O)NC(CC(=O)O)c1ccc(F)cc1. The maximum Gasteiger partial charge on any atom is 0.305 e. The molecule has 0 bridgehead atoms. The molecule has 25 heavy (non-hydrogen) atoms. The van der Waals surface area contributed by atoms with Crippen LogP contribution < -0.4 is 5.32 Å². The summed E-state index contributed by atoms with van der Waals surface area (Å²) >= 11 is 1.22. The number of hydrogen-bond donors (Lipinski definition) is 2. The van der Waals surface area contributed by atoms with Crippen molar-refractivity contribution >= 4 is 23.6 Å². The van der Waals surface area contributed by atoms with Crippen LogP contribution in [0.25, 0.3) is 0 Å². The standard InChI is InChI=1S/C16H19FN4O3S/c1-10(2)21-9-18-20-16(21)25-8-14(22)19-13(7-15(23)24)11-3-5-12(17)6-4-11/h3-6,9-10,13H,7-8H2,1-2H3,(H,19,22)(H,23,24). The Bertz CT molecular complexity index is 733. The second-order valence-corrected chi connectivity index (χ2v) is 6.62. The van der Waals surface area contributed by atoms with Crippen LogP contribution in [-0.4, -0.2) is 37.5 Å². The van der Waals surface area contributed by atoms with Crippen molar-refractivity contribution in [3.05, 3.63) is 42.0 Å². The number of thioether (sulfide) groups is 1. The van der Waals surface area contributed by atoms with Gasteiger partial charge in [-0.05, 0) is 31.5 Å². The van der Waals surface area contributed by atoms with Gasteiger partial charge >= 0.3 is 5.97 Å². The molecule has 0 fully saturated rings. The van der Waals surface area contributed by atoms with Crippen LogP contribution in [-0.2, 0) is 9.59 Å². The number of carboxylic acids is 1. The molecule has 1 heterocycles. The Morgan fingerprint density at radius 1 is 1.32 bits per heavy atom. The number of aliphatic carboxylic acids is 1. The largest absolute Gasteiger partial charge is 0.481 e. The highest BCUT2D eigenvalue weighted by Gasteiger charge is 2.19. The van der Waals surface area contributed by atoms with Gasteiger partial charge < -0.3 is 15.0 Å². The zero-order valence-corrected chi connectivity index (χ0v) is 14.7. The second kappa shape index (κ2) is 8.61. The van der Waals surface area contributed by atoms with E-state index in [1.807, 2.05) is 18.4 Å². The van der Waals surface area contributed by atoms with Crippen molar-refractivity contribution in [1.29, 1.82) is 0 Å². The van der Waals surface area contributed by atoms with Gasteiger partial charge in [-0.1, -0.05) is 23.9 Å². The summed E-state index contributed by atoms with van der Waals surface area (Å²) in [6, 6.07) is 4.83. The number of amides is 1. The number of carbonyl (C=O) groups is 2. The fraction of sp³-hybridized carbons (Fsp3) is 0.375. The third-order valence-corrected chi connectivity index (χ3v) is 4.37. The maximum atomic E-state index is 13.0. The molecular formula is C16H19FN4O3S. The summed E-state index contributed by atoms with van der Waals surface area (Å²) in [7, 11) is 0. The lowest BCUT2D eigenvalue weighted by Gasteiger charge is -2.17. The molecule has 134 valence electrons. The molecule has 0 saturated heterocycles. The molecule has 2 N–H and O–H groups in total. The molecule has 0 saturated carbocycles. The summed E-state index contributed by atoms with van der Waals surface area (Å²) in [5.74, 6) is -1.74. The van der Waals surface area contributed by atoms with Crippen LogP contribution in [0.4, 0.5) is 4.39 Å². The summed E-state index contributed by atoms with van der Waals surface area (Å²) in [5, 5.41) is 20.1. The number of rotatable bonds is 8. The molecule has 1 aromatic carbocycles. The van der Waals surface area contributed by atoms with E-state index < -0.39 is 17.8 Å². The van der Waals surface area contributed by atoms with Gasteiger partial charge in [-0.15, -0.1) is 10.2 Å². The van der Waals surface area contributed by atoms with Crippen molar-refractivity contribution in [3.8, 4) is 0 Å². The average molecular weight is 366 g/mol. The van der Waals surface area contributed by atoms with E-state index in [1.54, 1.807) is 6.33 Å². The molecule has 2 aromatic rings. The fourth-order valence-corrected chi connectivity index (χ4v) is 3.03. The van der Waals surface area contributed by atoms with Crippen LogP contribution in [0.5, 0.6) is 0 Å². The highest BCUT2D eigenvalue weighted by Crippen LogP contribution is 2.20. The van der Waals surface area contributed by atoms with E-state index >= 15 is 0 Å². The lowest BCUT2D eigenvalue weighted by Crippen LogP contribution is -2.31. The van der Waals surface area contributed by atoms with Gasteiger partial charge in [-0.3, -0.25) is 9.59 Å². The molecule has 1 aromatic heterocycles. The molecule has 0 spiro atoms. The number of carboxylic acid groups (broad SMARTS) is 1. The predicted octanol–water partition coefficient (Wildman–Crippen LogP) is 2.42. The first-order valence-electron chi connectivity index (χ1n) is 7.65. The quantitative estimate of drug-likeness (QED) is 0.697. The van der Waals surface area contributed by atoms with E-state index in [9.17, 15) is 14.0 Å². The molecule has 0 aliphatic heterocycles. The lowest BCUT2D eigenvalue weighted by atomic mass is 10.0. The number of halogens is 1. The zero-order valence-electron chi connectivity index (χ0n) is 13.8. The van der Waals surface area contributed by atoms with E-state index in [-0.39, 0.29) is 24.1 Å². The van der Waals surface area contributed by atoms with Crippen LogP contribution in [0, 0.1) is 5.82 Å². The van der Waals surface area contributed by atoms with Gasteiger partial charge in [0, 0.05) is 6.04 Å². The van der Waals surface area contributed by atoms with Gasteiger partial charge in [0.15, 0.2) is 5.16 Å². The Morgan fingerprint density at radius 3 is 2.60 bits per heavy atom. The van der Waals surface area contributed by atoms with E-state index in [4.69, 9.17) is 5.11 Å². The third kappa shape index (κ3) is 5.56. The van der Waals surface area contributed by atoms with Crippen molar-refractivity contribution < 1.29 is 19.1 Å². The van der Waals surface area contributed by atoms with Gasteiger partial charge in [-0.25, -0.2) is 4.39 Å². The van der Waals surface area contributed by atoms with Crippen LogP contribution >= 0.6 is 11.8 Å². The molecule has 2 rings (SSSR count). The van der Waals surface area contributed by atoms with E-state index in [1.165, 1.54) is 36.0 Å². The molecule has 1 atom stereocenters. The zero-order chi connectivity index (χ0) is 18.4. The smallest absolute Gasteiger partial charge is 0.305 e. The number of nitrogens with zero attached hydrogens (tertiary/aromatic N) is 3. The summed E-state index contributed by atoms with van der Waals surface area (Å²) in [6.45, 7) is 3.95. The van der Waals surface area contributed by atoms with Crippen LogP contribution in [0.1, 0.15) is 37.9 Å². The molecule has 0 aliphatic carbocycles. The van der Waals surface area contributed by atoms with Crippen molar-refractivity contribution in [1.82, 2.24) is 20.1 Å².